The van der Waals surface area contributed by atoms with Crippen LogP contribution in [-0.4, -0.2) is 63.5 Å². The van der Waals surface area contributed by atoms with E-state index in [2.05, 4.69) is 10.6 Å². The van der Waals surface area contributed by atoms with Gasteiger partial charge < -0.3 is 31.5 Å². The summed E-state index contributed by atoms with van der Waals surface area (Å²) in [5.74, 6) is -2.23. The minimum Gasteiger partial charge on any atom is -0.480 e. The summed E-state index contributed by atoms with van der Waals surface area (Å²) in [5, 5.41) is 22.6. The molecule has 24 heavy (non-hydrogen) atoms. The average Bonchev–Trinajstić information content (AvgIpc) is 2.50. The van der Waals surface area contributed by atoms with Crippen LogP contribution >= 0.6 is 8.15 Å². The number of aliphatic carboxylic acids is 1. The number of nitrogens with one attached hydrogen (secondary N) is 2. The highest BCUT2D eigenvalue weighted by atomic mass is 31.1. The van der Waals surface area contributed by atoms with E-state index in [1.54, 1.807) is 0 Å². The fourth-order valence-corrected chi connectivity index (χ4v) is 2.58. The van der Waals surface area contributed by atoms with Gasteiger partial charge in [-0.05, 0) is 31.8 Å². The fourth-order valence-electron chi connectivity index (χ4n) is 1.87. The minimum absolute atomic E-state index is 0.0876. The summed E-state index contributed by atoms with van der Waals surface area (Å²) < 4.78 is 0. The summed E-state index contributed by atoms with van der Waals surface area (Å²) in [4.78, 5) is 44.3. The summed E-state index contributed by atoms with van der Waals surface area (Å²) in [7, 11) is -1.55. The van der Waals surface area contributed by atoms with Gasteiger partial charge in [0.1, 0.15) is 12.1 Å². The van der Waals surface area contributed by atoms with Crippen molar-refractivity contribution in [2.75, 3.05) is 12.5 Å². The van der Waals surface area contributed by atoms with Crippen molar-refractivity contribution in [2.45, 2.75) is 51.7 Å². The van der Waals surface area contributed by atoms with Gasteiger partial charge in [-0.25, -0.2) is 4.79 Å². The van der Waals surface area contributed by atoms with Crippen molar-refractivity contribution >= 4 is 25.9 Å². The molecule has 7 N–H and O–H groups in total. The molecule has 0 aliphatic rings. The maximum absolute atomic E-state index is 12.0. The number of rotatable bonds is 11. The third kappa shape index (κ3) is 9.12. The van der Waals surface area contributed by atoms with Crippen molar-refractivity contribution in [2.24, 2.45) is 11.7 Å². The van der Waals surface area contributed by atoms with E-state index in [4.69, 9.17) is 15.9 Å². The van der Waals surface area contributed by atoms with E-state index in [0.29, 0.717) is 0 Å². The molecule has 0 aromatic carbocycles. The number of aliphatic hydroxyl groups is 1. The lowest BCUT2D eigenvalue weighted by Crippen LogP contribution is -2.53. The Morgan fingerprint density at radius 3 is 2.17 bits per heavy atom. The highest BCUT2D eigenvalue weighted by Crippen LogP contribution is 2.28. The van der Waals surface area contributed by atoms with E-state index in [1.807, 2.05) is 13.8 Å². The molecule has 0 aliphatic carbocycles. The van der Waals surface area contributed by atoms with Crippen LogP contribution in [0.5, 0.6) is 0 Å². The van der Waals surface area contributed by atoms with E-state index in [9.17, 15) is 19.3 Å². The summed E-state index contributed by atoms with van der Waals surface area (Å²) in [6.45, 7) is 5.12. The first-order valence-corrected chi connectivity index (χ1v) is 9.38. The molecule has 9 nitrogen and oxygen atoms in total. The predicted molar refractivity (Wildman–Crippen MR) is 90.3 cm³/mol. The molecular weight excluding hydrogens is 337 g/mol. The second-order valence-electron chi connectivity index (χ2n) is 6.03. The standard InChI is InChI=1S/C14H28N3O6P/c1-8(2)6-11(14(21)22)17-12(19)9(3)16-13(20)10(15)4-5-24(23)7-18/h8-11,18,23H,4-7,15H2,1-3H3,(H,16,20)(H,17,19)(H,21,22). The topological polar surface area (TPSA) is 162 Å². The number of carbonyl (C=O) groups is 3. The number of carboxylic acid groups (broad SMARTS) is 1. The largest absolute Gasteiger partial charge is 0.480 e. The van der Waals surface area contributed by atoms with Crippen molar-refractivity contribution < 1.29 is 29.5 Å². The Bertz CT molecular complexity index is 435. The molecular formula is C14H28N3O6P. The third-order valence-corrected chi connectivity index (χ3v) is 4.37. The normalized spacial score (nSPS) is 16.1. The minimum atomic E-state index is -1.55. The van der Waals surface area contributed by atoms with Gasteiger partial charge in [-0.1, -0.05) is 13.8 Å². The molecule has 0 heterocycles. The van der Waals surface area contributed by atoms with Gasteiger partial charge in [-0.15, -0.1) is 0 Å². The lowest BCUT2D eigenvalue weighted by atomic mass is 10.0. The smallest absolute Gasteiger partial charge is 0.326 e. The van der Waals surface area contributed by atoms with Crippen LogP contribution < -0.4 is 16.4 Å². The maximum Gasteiger partial charge on any atom is 0.326 e. The molecule has 0 aromatic heterocycles. The van der Waals surface area contributed by atoms with Crippen molar-refractivity contribution in [3.63, 3.8) is 0 Å². The molecule has 10 heteroatoms. The molecule has 0 bridgehead atoms. The Morgan fingerprint density at radius 2 is 1.71 bits per heavy atom. The van der Waals surface area contributed by atoms with Crippen LogP contribution in [0.25, 0.3) is 0 Å². The molecule has 4 unspecified atom stereocenters. The predicted octanol–water partition coefficient (Wildman–Crippen LogP) is -0.837. The number of nitrogens with two attached hydrogens (primary N) is 1. The van der Waals surface area contributed by atoms with Crippen LogP contribution in [0.2, 0.25) is 0 Å². The number of carboxylic acids is 1. The Labute approximate surface area is 142 Å². The van der Waals surface area contributed by atoms with Gasteiger partial charge in [0.2, 0.25) is 11.8 Å². The van der Waals surface area contributed by atoms with E-state index in [0.717, 1.165) is 0 Å². The second kappa shape index (κ2) is 11.3. The van der Waals surface area contributed by atoms with Gasteiger partial charge >= 0.3 is 5.97 Å². The fraction of sp³-hybridized carbons (Fsp3) is 0.786. The summed E-state index contributed by atoms with van der Waals surface area (Å²) in [5.41, 5.74) is 5.66. The zero-order chi connectivity index (χ0) is 18.9. The van der Waals surface area contributed by atoms with Crippen LogP contribution in [0, 0.1) is 5.92 Å². The summed E-state index contributed by atoms with van der Waals surface area (Å²) in [6, 6.07) is -2.88. The Morgan fingerprint density at radius 1 is 1.12 bits per heavy atom. The summed E-state index contributed by atoms with van der Waals surface area (Å²) in [6.07, 6.45) is 0.321. The zero-order valence-electron chi connectivity index (χ0n) is 14.2. The molecule has 0 rings (SSSR count). The Balaban J connectivity index is 4.46. The van der Waals surface area contributed by atoms with E-state index >= 15 is 0 Å². The number of hydrogen-bond donors (Lipinski definition) is 6. The molecule has 2 amide bonds. The number of carbonyl (C=O) groups excluding carboxylic acids is 2. The monoisotopic (exact) mass is 365 g/mol. The highest BCUT2D eigenvalue weighted by Gasteiger charge is 2.25. The molecule has 0 aliphatic heterocycles. The van der Waals surface area contributed by atoms with Crippen LogP contribution in [0.1, 0.15) is 33.6 Å². The van der Waals surface area contributed by atoms with Gasteiger partial charge in [0.15, 0.2) is 0 Å². The van der Waals surface area contributed by atoms with Crippen molar-refractivity contribution in [3.05, 3.63) is 0 Å². The van der Waals surface area contributed by atoms with Crippen molar-refractivity contribution in [1.82, 2.24) is 10.6 Å². The van der Waals surface area contributed by atoms with Crippen molar-refractivity contribution in [3.8, 4) is 0 Å². The first-order valence-electron chi connectivity index (χ1n) is 7.72. The maximum atomic E-state index is 12.0. The van der Waals surface area contributed by atoms with E-state index < -0.39 is 44.1 Å². The Hall–Kier alpha value is -1.28. The SMILES string of the molecule is CC(C)CC(NC(=O)C(C)NC(=O)C(N)CCP(O)CO)C(=O)O. The van der Waals surface area contributed by atoms with Gasteiger partial charge in [0.25, 0.3) is 0 Å². The molecule has 140 valence electrons. The van der Waals surface area contributed by atoms with Crippen LogP contribution in [0.4, 0.5) is 0 Å². The number of amides is 2. The van der Waals surface area contributed by atoms with Gasteiger partial charge in [0, 0.05) is 0 Å². The highest BCUT2D eigenvalue weighted by molar-refractivity contribution is 7.51. The molecule has 0 aromatic rings. The molecule has 4 atom stereocenters. The first-order chi connectivity index (χ1) is 11.1. The molecule has 0 radical (unpaired) electrons. The Kier molecular flexibility index (Phi) is 10.7. The van der Waals surface area contributed by atoms with Crippen LogP contribution in [0.15, 0.2) is 0 Å². The number of hydrogen-bond acceptors (Lipinski definition) is 6. The first kappa shape index (κ1) is 22.7. The zero-order valence-corrected chi connectivity index (χ0v) is 15.1. The third-order valence-electron chi connectivity index (χ3n) is 3.27. The van der Waals surface area contributed by atoms with E-state index in [1.165, 1.54) is 6.92 Å². The molecule has 0 saturated carbocycles. The lowest BCUT2D eigenvalue weighted by Gasteiger charge is -2.21. The molecule has 0 spiro atoms. The molecule has 0 saturated heterocycles. The van der Waals surface area contributed by atoms with Gasteiger partial charge in [0.05, 0.1) is 20.5 Å². The second-order valence-corrected chi connectivity index (χ2v) is 7.77. The molecule has 0 fully saturated rings. The quantitative estimate of drug-likeness (QED) is 0.260. The van der Waals surface area contributed by atoms with Gasteiger partial charge in [-0.2, -0.15) is 0 Å². The van der Waals surface area contributed by atoms with E-state index in [-0.39, 0.29) is 31.3 Å². The van der Waals surface area contributed by atoms with Crippen LogP contribution in [0.3, 0.4) is 0 Å². The lowest BCUT2D eigenvalue weighted by molar-refractivity contribution is -0.142. The number of aliphatic hydroxyl groups excluding tert-OH is 1. The average molecular weight is 365 g/mol. The van der Waals surface area contributed by atoms with Crippen LogP contribution in [-0.2, 0) is 14.4 Å². The van der Waals surface area contributed by atoms with Gasteiger partial charge in [-0.3, -0.25) is 9.59 Å². The summed E-state index contributed by atoms with van der Waals surface area (Å²) >= 11 is 0. The van der Waals surface area contributed by atoms with Crippen molar-refractivity contribution in [1.29, 1.82) is 0 Å².